The van der Waals surface area contributed by atoms with E-state index in [-0.39, 0.29) is 6.61 Å². The zero-order valence-electron chi connectivity index (χ0n) is 9.14. The number of hydrogen-bond donors (Lipinski definition) is 2. The molecule has 0 aliphatic carbocycles. The molecule has 5 nitrogen and oxygen atoms in total. The summed E-state index contributed by atoms with van der Waals surface area (Å²) in [6.45, 7) is 1.14. The Morgan fingerprint density at radius 3 is 2.76 bits per heavy atom. The van der Waals surface area contributed by atoms with Crippen molar-refractivity contribution in [2.45, 2.75) is 13.0 Å². The summed E-state index contributed by atoms with van der Waals surface area (Å²) in [6.07, 6.45) is 0. The topological polar surface area (TPSA) is 75.6 Å². The molecule has 1 rings (SSSR count). The average molecular weight is 302 g/mol. The van der Waals surface area contributed by atoms with Crippen LogP contribution in [0.3, 0.4) is 0 Å². The summed E-state index contributed by atoms with van der Waals surface area (Å²) in [5, 5.41) is 11.1. The number of hydrogen-bond acceptors (Lipinski definition) is 3. The van der Waals surface area contributed by atoms with Gasteiger partial charge in [0.2, 0.25) is 5.91 Å². The summed E-state index contributed by atoms with van der Waals surface area (Å²) in [4.78, 5) is 21.6. The van der Waals surface area contributed by atoms with E-state index in [4.69, 9.17) is 9.84 Å². The standard InChI is InChI=1S/C11H12BrNO4/c1-7(14)13-10(11(15)16)6-17-9-4-2-3-8(12)5-9/h2-5,10H,6H2,1H3,(H,13,14)(H,15,16). The quantitative estimate of drug-likeness (QED) is 0.862. The molecule has 1 atom stereocenters. The monoisotopic (exact) mass is 301 g/mol. The van der Waals surface area contributed by atoms with Gasteiger partial charge in [-0.25, -0.2) is 4.79 Å². The third-order valence-electron chi connectivity index (χ3n) is 1.89. The molecule has 0 radical (unpaired) electrons. The van der Waals surface area contributed by atoms with Crippen LogP contribution in [-0.4, -0.2) is 29.6 Å². The van der Waals surface area contributed by atoms with Crippen molar-refractivity contribution in [3.05, 3.63) is 28.7 Å². The minimum atomic E-state index is -1.13. The fourth-order valence-electron chi connectivity index (χ4n) is 1.16. The Morgan fingerprint density at radius 2 is 2.24 bits per heavy atom. The first kappa shape index (κ1) is 13.5. The zero-order chi connectivity index (χ0) is 12.8. The number of amides is 1. The average Bonchev–Trinajstić information content (AvgIpc) is 2.23. The van der Waals surface area contributed by atoms with Crippen LogP contribution in [0.5, 0.6) is 5.75 Å². The molecule has 17 heavy (non-hydrogen) atoms. The molecule has 0 aromatic heterocycles. The lowest BCUT2D eigenvalue weighted by atomic mass is 10.3. The second-order valence-corrected chi connectivity index (χ2v) is 4.28. The van der Waals surface area contributed by atoms with Gasteiger partial charge < -0.3 is 15.2 Å². The van der Waals surface area contributed by atoms with Crippen molar-refractivity contribution >= 4 is 27.8 Å². The number of carbonyl (C=O) groups excluding carboxylic acids is 1. The minimum Gasteiger partial charge on any atom is -0.491 e. The van der Waals surface area contributed by atoms with Crippen LogP contribution in [0.2, 0.25) is 0 Å². The highest BCUT2D eigenvalue weighted by molar-refractivity contribution is 9.10. The number of ether oxygens (including phenoxy) is 1. The van der Waals surface area contributed by atoms with Gasteiger partial charge in [-0.1, -0.05) is 22.0 Å². The highest BCUT2D eigenvalue weighted by Crippen LogP contribution is 2.17. The molecule has 92 valence electrons. The van der Waals surface area contributed by atoms with Gasteiger partial charge in [0.05, 0.1) is 0 Å². The van der Waals surface area contributed by atoms with Crippen molar-refractivity contribution in [1.82, 2.24) is 5.32 Å². The summed E-state index contributed by atoms with van der Waals surface area (Å²) in [5.41, 5.74) is 0. The molecule has 0 bridgehead atoms. The normalized spacial score (nSPS) is 11.6. The molecule has 0 spiro atoms. The summed E-state index contributed by atoms with van der Waals surface area (Å²) < 4.78 is 6.12. The number of carboxylic acids is 1. The van der Waals surface area contributed by atoms with E-state index in [1.165, 1.54) is 6.92 Å². The van der Waals surface area contributed by atoms with Crippen LogP contribution in [0.25, 0.3) is 0 Å². The van der Waals surface area contributed by atoms with Crippen molar-refractivity contribution < 1.29 is 19.4 Å². The third kappa shape index (κ3) is 4.86. The summed E-state index contributed by atoms with van der Waals surface area (Å²) in [5.74, 6) is -0.999. The molecule has 0 saturated heterocycles. The maximum atomic E-state index is 10.8. The van der Waals surface area contributed by atoms with Gasteiger partial charge in [-0.2, -0.15) is 0 Å². The molecule has 1 aromatic carbocycles. The summed E-state index contributed by atoms with van der Waals surface area (Å²) >= 11 is 3.27. The predicted octanol–water partition coefficient (Wildman–Crippen LogP) is 1.42. The minimum absolute atomic E-state index is 0.120. The van der Waals surface area contributed by atoms with E-state index in [1.54, 1.807) is 18.2 Å². The maximum absolute atomic E-state index is 10.8. The first-order chi connectivity index (χ1) is 7.99. The van der Waals surface area contributed by atoms with E-state index < -0.39 is 17.9 Å². The Balaban J connectivity index is 2.57. The molecular weight excluding hydrogens is 290 g/mol. The number of benzene rings is 1. The number of halogens is 1. The van der Waals surface area contributed by atoms with Crippen LogP contribution in [0, 0.1) is 0 Å². The van der Waals surface area contributed by atoms with Crippen LogP contribution in [0.1, 0.15) is 6.92 Å². The number of carboxylic acid groups (broad SMARTS) is 1. The molecule has 0 aliphatic rings. The molecule has 0 fully saturated rings. The Morgan fingerprint density at radius 1 is 1.53 bits per heavy atom. The van der Waals surface area contributed by atoms with E-state index >= 15 is 0 Å². The van der Waals surface area contributed by atoms with Crippen molar-refractivity contribution in [1.29, 1.82) is 0 Å². The number of rotatable bonds is 5. The SMILES string of the molecule is CC(=O)NC(COc1cccc(Br)c1)C(=O)O. The van der Waals surface area contributed by atoms with E-state index in [9.17, 15) is 9.59 Å². The smallest absolute Gasteiger partial charge is 0.329 e. The molecule has 0 aliphatic heterocycles. The maximum Gasteiger partial charge on any atom is 0.329 e. The van der Waals surface area contributed by atoms with Crippen LogP contribution in [0.4, 0.5) is 0 Å². The molecule has 0 saturated carbocycles. The van der Waals surface area contributed by atoms with Gasteiger partial charge in [0.1, 0.15) is 12.4 Å². The van der Waals surface area contributed by atoms with Crippen LogP contribution >= 0.6 is 15.9 Å². The lowest BCUT2D eigenvalue weighted by Crippen LogP contribution is -2.43. The van der Waals surface area contributed by atoms with Gasteiger partial charge in [-0.05, 0) is 18.2 Å². The third-order valence-corrected chi connectivity index (χ3v) is 2.38. The first-order valence-corrected chi connectivity index (χ1v) is 5.66. The summed E-state index contributed by atoms with van der Waals surface area (Å²) in [6, 6.07) is 5.97. The highest BCUT2D eigenvalue weighted by atomic mass is 79.9. The Labute approximate surface area is 107 Å². The predicted molar refractivity (Wildman–Crippen MR) is 64.9 cm³/mol. The summed E-state index contributed by atoms with van der Waals surface area (Å²) in [7, 11) is 0. The van der Waals surface area contributed by atoms with Crippen molar-refractivity contribution in [2.24, 2.45) is 0 Å². The van der Waals surface area contributed by atoms with E-state index in [2.05, 4.69) is 21.2 Å². The molecule has 0 heterocycles. The molecule has 2 N–H and O–H groups in total. The molecular formula is C11H12BrNO4. The highest BCUT2D eigenvalue weighted by Gasteiger charge is 2.18. The Hall–Kier alpha value is -1.56. The Bertz CT molecular complexity index is 422. The van der Waals surface area contributed by atoms with Crippen LogP contribution < -0.4 is 10.1 Å². The van der Waals surface area contributed by atoms with Crippen LogP contribution in [0.15, 0.2) is 28.7 Å². The second-order valence-electron chi connectivity index (χ2n) is 3.36. The Kier molecular flexibility index (Phi) is 4.96. The lowest BCUT2D eigenvalue weighted by Gasteiger charge is -2.14. The zero-order valence-corrected chi connectivity index (χ0v) is 10.7. The van der Waals surface area contributed by atoms with Crippen molar-refractivity contribution in [3.63, 3.8) is 0 Å². The number of nitrogens with one attached hydrogen (secondary N) is 1. The number of carbonyl (C=O) groups is 2. The van der Waals surface area contributed by atoms with Crippen molar-refractivity contribution in [3.8, 4) is 5.75 Å². The molecule has 6 heteroatoms. The van der Waals surface area contributed by atoms with Crippen molar-refractivity contribution in [2.75, 3.05) is 6.61 Å². The number of aliphatic carboxylic acids is 1. The van der Waals surface area contributed by atoms with Gasteiger partial charge >= 0.3 is 5.97 Å². The van der Waals surface area contributed by atoms with Gasteiger partial charge in [0.25, 0.3) is 0 Å². The first-order valence-electron chi connectivity index (χ1n) is 4.87. The van der Waals surface area contributed by atoms with Gasteiger partial charge in [-0.3, -0.25) is 4.79 Å². The van der Waals surface area contributed by atoms with Crippen LogP contribution in [-0.2, 0) is 9.59 Å². The fraction of sp³-hybridized carbons (Fsp3) is 0.273. The fourth-order valence-corrected chi connectivity index (χ4v) is 1.53. The molecule has 1 amide bonds. The molecule has 1 aromatic rings. The second kappa shape index (κ2) is 6.24. The van der Waals surface area contributed by atoms with E-state index in [1.807, 2.05) is 6.07 Å². The largest absolute Gasteiger partial charge is 0.491 e. The van der Waals surface area contributed by atoms with Gasteiger partial charge in [-0.15, -0.1) is 0 Å². The van der Waals surface area contributed by atoms with E-state index in [0.717, 1.165) is 4.47 Å². The van der Waals surface area contributed by atoms with Gasteiger partial charge in [0.15, 0.2) is 6.04 Å². The van der Waals surface area contributed by atoms with E-state index in [0.29, 0.717) is 5.75 Å². The molecule has 1 unspecified atom stereocenters. The van der Waals surface area contributed by atoms with Gasteiger partial charge in [0, 0.05) is 11.4 Å². The lowest BCUT2D eigenvalue weighted by molar-refractivity contribution is -0.142.